The van der Waals surface area contributed by atoms with Gasteiger partial charge in [-0.15, -0.1) is 0 Å². The lowest BCUT2D eigenvalue weighted by atomic mass is 10.0. The monoisotopic (exact) mass is 1210 g/mol. The van der Waals surface area contributed by atoms with Crippen LogP contribution < -0.4 is 0 Å². The predicted molar refractivity (Wildman–Crippen MR) is 326 cm³/mol. The molecule has 0 aromatic heterocycles. The summed E-state index contributed by atoms with van der Waals surface area (Å²) in [6.07, 6.45) is 43.1. The quantitative estimate of drug-likeness (QED) is 0.0222. The van der Waals surface area contributed by atoms with Crippen LogP contribution in [-0.4, -0.2) is 96.7 Å². The zero-order chi connectivity index (χ0) is 60.5. The maximum Gasteiger partial charge on any atom is 0.472 e. The number of carbonyl (C=O) groups is 4. The Balaban J connectivity index is 5.17. The predicted octanol–water partition coefficient (Wildman–Crippen LogP) is 17.5. The molecule has 0 amide bonds. The molecular weight excluding hydrogens is 1090 g/mol. The highest BCUT2D eigenvalue weighted by atomic mass is 31.2. The Morgan fingerprint density at radius 1 is 0.293 bits per heavy atom. The van der Waals surface area contributed by atoms with Gasteiger partial charge in [0, 0.05) is 25.7 Å². The molecule has 2 unspecified atom stereocenters. The van der Waals surface area contributed by atoms with Crippen molar-refractivity contribution in [2.75, 3.05) is 39.6 Å². The number of unbranched alkanes of at least 4 members (excludes halogenated alkanes) is 38. The average molecular weight is 1210 g/mol. The summed E-state index contributed by atoms with van der Waals surface area (Å²) in [6.45, 7) is 4.83. The molecule has 0 saturated carbocycles. The van der Waals surface area contributed by atoms with E-state index in [1.165, 1.54) is 141 Å². The summed E-state index contributed by atoms with van der Waals surface area (Å²) < 4.78 is 67.8. The molecule has 0 heterocycles. The van der Waals surface area contributed by atoms with Crippen LogP contribution in [0.15, 0.2) is 0 Å². The Kier molecular flexibility index (Phi) is 56.7. The molecule has 3 N–H and O–H groups in total. The summed E-state index contributed by atoms with van der Waals surface area (Å²) in [4.78, 5) is 72.0. The number of ether oxygens (including phenoxy) is 4. The van der Waals surface area contributed by atoms with Crippen LogP contribution in [0.25, 0.3) is 0 Å². The van der Waals surface area contributed by atoms with E-state index < -0.39 is 97.5 Å². The second-order valence-electron chi connectivity index (χ2n) is 22.8. The summed E-state index contributed by atoms with van der Waals surface area (Å²) in [5, 5.41) is 10.5. The third-order valence-electron chi connectivity index (χ3n) is 14.6. The Bertz CT molecular complexity index is 1590. The van der Waals surface area contributed by atoms with Gasteiger partial charge < -0.3 is 33.8 Å². The fourth-order valence-corrected chi connectivity index (χ4v) is 11.0. The lowest BCUT2D eigenvalue weighted by Gasteiger charge is -2.21. The molecule has 0 spiro atoms. The molecule has 0 aliphatic rings. The van der Waals surface area contributed by atoms with Crippen LogP contribution in [0.4, 0.5) is 0 Å². The first-order valence-electron chi connectivity index (χ1n) is 33.3. The van der Waals surface area contributed by atoms with Crippen molar-refractivity contribution in [3.8, 4) is 0 Å². The van der Waals surface area contributed by atoms with Crippen molar-refractivity contribution in [1.82, 2.24) is 0 Å². The zero-order valence-corrected chi connectivity index (χ0v) is 54.2. The van der Waals surface area contributed by atoms with Gasteiger partial charge in [0.2, 0.25) is 0 Å². The highest BCUT2D eigenvalue weighted by Gasteiger charge is 2.30. The van der Waals surface area contributed by atoms with E-state index in [4.69, 9.17) is 37.0 Å². The minimum atomic E-state index is -4.94. The first kappa shape index (κ1) is 80.1. The van der Waals surface area contributed by atoms with Gasteiger partial charge in [-0.25, -0.2) is 9.13 Å². The Morgan fingerprint density at radius 2 is 0.488 bits per heavy atom. The zero-order valence-electron chi connectivity index (χ0n) is 52.5. The van der Waals surface area contributed by atoms with Crippen LogP contribution in [0.1, 0.15) is 323 Å². The van der Waals surface area contributed by atoms with Gasteiger partial charge in [0.25, 0.3) is 0 Å². The summed E-state index contributed by atoms with van der Waals surface area (Å²) in [6, 6.07) is 0. The van der Waals surface area contributed by atoms with Crippen molar-refractivity contribution in [3.05, 3.63) is 0 Å². The maximum atomic E-state index is 13.0. The van der Waals surface area contributed by atoms with Crippen LogP contribution in [-0.2, 0) is 65.4 Å². The highest BCUT2D eigenvalue weighted by Crippen LogP contribution is 2.45. The number of hydrogen-bond acceptors (Lipinski definition) is 15. The molecule has 17 nitrogen and oxygen atoms in total. The normalized spacial score (nSPS) is 14.2. The molecule has 0 saturated heterocycles. The first-order chi connectivity index (χ1) is 39.7. The molecule has 82 heavy (non-hydrogen) atoms. The largest absolute Gasteiger partial charge is 0.472 e. The van der Waals surface area contributed by atoms with Crippen molar-refractivity contribution < 1.29 is 80.2 Å². The van der Waals surface area contributed by atoms with E-state index in [2.05, 4.69) is 27.7 Å². The van der Waals surface area contributed by atoms with E-state index in [1.807, 2.05) is 0 Å². The standard InChI is InChI=1S/C63H122O17P2/c1-5-9-13-17-21-24-26-27-28-29-30-31-34-38-42-46-50-63(68)80-59(54-74-61(66)48-44-40-36-33-25-22-18-14-10-6-2)56-78-82(71,72)76-52-57(64)51-75-81(69,70)77-55-58(53-73-60(65)47-43-39-35-20-16-12-8-4)79-62(67)49-45-41-37-32-23-19-15-11-7-3/h57-59,64H,5-56H2,1-4H3,(H,69,70)(H,71,72)/t57-,58+,59+/m0/s1. The lowest BCUT2D eigenvalue weighted by molar-refractivity contribution is -0.161. The van der Waals surface area contributed by atoms with E-state index in [9.17, 15) is 43.2 Å². The number of hydrogen-bond donors (Lipinski definition) is 3. The van der Waals surface area contributed by atoms with Crippen molar-refractivity contribution in [2.24, 2.45) is 0 Å². The molecule has 5 atom stereocenters. The SMILES string of the molecule is CCCCCCCCCCCCCCCCCCC(=O)O[C@H](COC(=O)CCCCCCCCCCCC)COP(=O)(O)OC[C@@H](O)COP(=O)(O)OC[C@@H](COC(=O)CCCCCCCCC)OC(=O)CCCCCCCCCCC. The smallest absolute Gasteiger partial charge is 0.462 e. The third kappa shape index (κ3) is 57.2. The van der Waals surface area contributed by atoms with E-state index in [0.717, 1.165) is 103 Å². The summed E-state index contributed by atoms with van der Waals surface area (Å²) in [5.41, 5.74) is 0. The van der Waals surface area contributed by atoms with Crippen molar-refractivity contribution in [2.45, 2.75) is 341 Å². The van der Waals surface area contributed by atoms with Gasteiger partial charge in [0.05, 0.1) is 26.4 Å². The van der Waals surface area contributed by atoms with E-state index >= 15 is 0 Å². The van der Waals surface area contributed by atoms with Gasteiger partial charge >= 0.3 is 39.5 Å². The second-order valence-corrected chi connectivity index (χ2v) is 25.7. The number of aliphatic hydroxyl groups is 1. The first-order valence-corrected chi connectivity index (χ1v) is 36.3. The fraction of sp³-hybridized carbons (Fsp3) is 0.937. The number of aliphatic hydroxyl groups excluding tert-OH is 1. The fourth-order valence-electron chi connectivity index (χ4n) is 9.46. The second kappa shape index (κ2) is 58.1. The number of phosphoric ester groups is 2. The minimum Gasteiger partial charge on any atom is -0.462 e. The Hall–Kier alpha value is -1.94. The topological polar surface area (TPSA) is 237 Å². The van der Waals surface area contributed by atoms with Gasteiger partial charge in [0.15, 0.2) is 12.2 Å². The molecule has 0 fully saturated rings. The minimum absolute atomic E-state index is 0.106. The molecule has 0 radical (unpaired) electrons. The molecule has 19 heteroatoms. The Labute approximate surface area is 498 Å². The third-order valence-corrected chi connectivity index (χ3v) is 16.5. The number of phosphoric acid groups is 2. The molecule has 0 aromatic carbocycles. The molecule has 0 aliphatic carbocycles. The highest BCUT2D eigenvalue weighted by molar-refractivity contribution is 7.47. The van der Waals surface area contributed by atoms with Crippen LogP contribution in [0.5, 0.6) is 0 Å². The van der Waals surface area contributed by atoms with Crippen molar-refractivity contribution in [3.63, 3.8) is 0 Å². The molecule has 0 rings (SSSR count). The summed E-state index contributed by atoms with van der Waals surface area (Å²) >= 11 is 0. The molecule has 0 aromatic rings. The van der Waals surface area contributed by atoms with Crippen LogP contribution >= 0.6 is 15.6 Å². The van der Waals surface area contributed by atoms with Crippen LogP contribution in [0.2, 0.25) is 0 Å². The van der Waals surface area contributed by atoms with E-state index in [0.29, 0.717) is 25.7 Å². The average Bonchev–Trinajstić information content (AvgIpc) is 3.45. The lowest BCUT2D eigenvalue weighted by Crippen LogP contribution is -2.30. The van der Waals surface area contributed by atoms with Crippen LogP contribution in [0.3, 0.4) is 0 Å². The van der Waals surface area contributed by atoms with Gasteiger partial charge in [-0.05, 0) is 25.7 Å². The molecular formula is C63H122O17P2. The van der Waals surface area contributed by atoms with Crippen LogP contribution in [0, 0.1) is 0 Å². The molecule has 0 bridgehead atoms. The number of esters is 4. The Morgan fingerprint density at radius 3 is 0.720 bits per heavy atom. The van der Waals surface area contributed by atoms with Gasteiger partial charge in [-0.3, -0.25) is 37.3 Å². The van der Waals surface area contributed by atoms with E-state index in [-0.39, 0.29) is 25.7 Å². The molecule has 0 aliphatic heterocycles. The van der Waals surface area contributed by atoms with Crippen molar-refractivity contribution >= 4 is 39.5 Å². The van der Waals surface area contributed by atoms with Crippen molar-refractivity contribution in [1.29, 1.82) is 0 Å². The summed E-state index contributed by atoms with van der Waals surface area (Å²) in [7, 11) is -9.87. The van der Waals surface area contributed by atoms with Gasteiger partial charge in [-0.1, -0.05) is 272 Å². The van der Waals surface area contributed by atoms with Gasteiger partial charge in [0.1, 0.15) is 19.3 Å². The summed E-state index contributed by atoms with van der Waals surface area (Å²) in [5.74, 6) is -2.14. The van der Waals surface area contributed by atoms with Gasteiger partial charge in [-0.2, -0.15) is 0 Å². The molecule has 486 valence electrons. The maximum absolute atomic E-state index is 13.0. The number of carbonyl (C=O) groups excluding carboxylic acids is 4. The number of rotatable bonds is 64. The van der Waals surface area contributed by atoms with E-state index in [1.54, 1.807) is 0 Å².